The van der Waals surface area contributed by atoms with Gasteiger partial charge in [0, 0.05) is 12.7 Å². The number of carbonyl (C=O) groups is 2. The molecule has 0 saturated heterocycles. The molecule has 2 atom stereocenters. The summed E-state index contributed by atoms with van der Waals surface area (Å²) >= 11 is 0. The van der Waals surface area contributed by atoms with Crippen molar-refractivity contribution in [2.75, 3.05) is 0 Å². The van der Waals surface area contributed by atoms with Crippen molar-refractivity contribution < 1.29 is 14.7 Å². The molecule has 1 heterocycles. The number of nitrogens with zero attached hydrogens (tertiary/aromatic N) is 2. The second kappa shape index (κ2) is 6.83. The van der Waals surface area contributed by atoms with Crippen LogP contribution in [0, 0.1) is 18.8 Å². The summed E-state index contributed by atoms with van der Waals surface area (Å²) in [6.07, 6.45) is 2.13. The predicted molar refractivity (Wildman–Crippen MR) is 88.9 cm³/mol. The maximum Gasteiger partial charge on any atom is 0.307 e. The van der Waals surface area contributed by atoms with Crippen molar-refractivity contribution in [3.8, 4) is 0 Å². The van der Waals surface area contributed by atoms with Crippen molar-refractivity contribution in [1.82, 2.24) is 9.88 Å². The van der Waals surface area contributed by atoms with Crippen LogP contribution in [0.15, 0.2) is 48.7 Å². The van der Waals surface area contributed by atoms with Crippen LogP contribution in [-0.4, -0.2) is 26.9 Å². The average molecular weight is 324 g/mol. The van der Waals surface area contributed by atoms with Gasteiger partial charge in [-0.15, -0.1) is 0 Å². The molecule has 0 aliphatic heterocycles. The molecule has 2 aromatic rings. The highest BCUT2D eigenvalue weighted by atomic mass is 16.4. The highest BCUT2D eigenvalue weighted by Crippen LogP contribution is 2.40. The van der Waals surface area contributed by atoms with E-state index in [-0.39, 0.29) is 5.91 Å². The molecule has 5 heteroatoms. The Morgan fingerprint density at radius 1 is 1.17 bits per heavy atom. The zero-order chi connectivity index (χ0) is 17.1. The van der Waals surface area contributed by atoms with Gasteiger partial charge >= 0.3 is 5.97 Å². The molecular weight excluding hydrogens is 304 g/mol. The van der Waals surface area contributed by atoms with Crippen molar-refractivity contribution in [2.45, 2.75) is 26.4 Å². The van der Waals surface area contributed by atoms with Crippen LogP contribution in [0.1, 0.15) is 23.2 Å². The highest BCUT2D eigenvalue weighted by molar-refractivity contribution is 5.89. The number of amides is 1. The van der Waals surface area contributed by atoms with E-state index in [0.29, 0.717) is 19.5 Å². The van der Waals surface area contributed by atoms with Gasteiger partial charge in [0.05, 0.1) is 24.1 Å². The van der Waals surface area contributed by atoms with E-state index in [4.69, 9.17) is 5.11 Å². The van der Waals surface area contributed by atoms with Gasteiger partial charge in [-0.2, -0.15) is 0 Å². The van der Waals surface area contributed by atoms with Gasteiger partial charge < -0.3 is 10.0 Å². The molecule has 124 valence electrons. The molecule has 0 bridgehead atoms. The number of hydrogen-bond donors (Lipinski definition) is 1. The van der Waals surface area contributed by atoms with Gasteiger partial charge in [0.15, 0.2) is 0 Å². The fourth-order valence-corrected chi connectivity index (χ4v) is 2.91. The Morgan fingerprint density at radius 3 is 2.62 bits per heavy atom. The first-order valence-corrected chi connectivity index (χ1v) is 8.01. The van der Waals surface area contributed by atoms with Crippen molar-refractivity contribution in [2.24, 2.45) is 11.8 Å². The zero-order valence-corrected chi connectivity index (χ0v) is 13.6. The predicted octanol–water partition coefficient (Wildman–Crippen LogP) is 2.64. The number of rotatable bonds is 6. The van der Waals surface area contributed by atoms with E-state index in [9.17, 15) is 9.59 Å². The molecule has 1 aliphatic rings. The maximum absolute atomic E-state index is 12.7. The summed E-state index contributed by atoms with van der Waals surface area (Å²) in [5, 5.41) is 9.09. The number of carboxylic acids is 1. The first-order chi connectivity index (χ1) is 11.5. The summed E-state index contributed by atoms with van der Waals surface area (Å²) in [6, 6.07) is 13.6. The standard InChI is InChI=1S/C19H20N2O3/c1-13-5-4-6-14(9-13)11-21(12-15-7-2-3-8-20-15)18(22)16-10-17(16)19(23)24/h2-9,16-17H,10-12H2,1H3,(H,23,24)/t16-,17-/m1/s1. The van der Waals surface area contributed by atoms with Crippen LogP contribution >= 0.6 is 0 Å². The second-order valence-corrected chi connectivity index (χ2v) is 6.29. The molecule has 5 nitrogen and oxygen atoms in total. The Kier molecular flexibility index (Phi) is 4.60. The van der Waals surface area contributed by atoms with E-state index >= 15 is 0 Å². The van der Waals surface area contributed by atoms with Crippen LogP contribution in [0.4, 0.5) is 0 Å². The van der Waals surface area contributed by atoms with Gasteiger partial charge in [-0.1, -0.05) is 35.9 Å². The highest BCUT2D eigenvalue weighted by Gasteiger charge is 2.49. The lowest BCUT2D eigenvalue weighted by atomic mass is 10.1. The molecule has 1 amide bonds. The van der Waals surface area contributed by atoms with Gasteiger partial charge in [-0.3, -0.25) is 14.6 Å². The lowest BCUT2D eigenvalue weighted by Gasteiger charge is -2.23. The molecule has 1 aromatic carbocycles. The van der Waals surface area contributed by atoms with Crippen LogP contribution < -0.4 is 0 Å². The van der Waals surface area contributed by atoms with Crippen molar-refractivity contribution in [1.29, 1.82) is 0 Å². The van der Waals surface area contributed by atoms with E-state index in [1.807, 2.05) is 49.4 Å². The molecule has 0 spiro atoms. The Morgan fingerprint density at radius 2 is 2.00 bits per heavy atom. The van der Waals surface area contributed by atoms with Crippen LogP contribution in [0.3, 0.4) is 0 Å². The second-order valence-electron chi connectivity index (χ2n) is 6.29. The smallest absolute Gasteiger partial charge is 0.307 e. The molecule has 1 aliphatic carbocycles. The molecule has 1 saturated carbocycles. The molecule has 0 unspecified atom stereocenters. The van der Waals surface area contributed by atoms with E-state index < -0.39 is 17.8 Å². The van der Waals surface area contributed by atoms with Gasteiger partial charge in [0.2, 0.25) is 5.91 Å². The fourth-order valence-electron chi connectivity index (χ4n) is 2.91. The average Bonchev–Trinajstić information content (AvgIpc) is 3.35. The summed E-state index contributed by atoms with van der Waals surface area (Å²) < 4.78 is 0. The molecule has 0 radical (unpaired) electrons. The third-order valence-corrected chi connectivity index (χ3v) is 4.27. The lowest BCUT2D eigenvalue weighted by molar-refractivity contribution is -0.142. The van der Waals surface area contributed by atoms with Crippen LogP contribution in [-0.2, 0) is 22.7 Å². The Balaban J connectivity index is 1.78. The summed E-state index contributed by atoms with van der Waals surface area (Å²) in [6.45, 7) is 2.85. The van der Waals surface area contributed by atoms with Crippen LogP contribution in [0.5, 0.6) is 0 Å². The van der Waals surface area contributed by atoms with E-state index in [1.165, 1.54) is 0 Å². The number of benzene rings is 1. The van der Waals surface area contributed by atoms with Crippen molar-refractivity contribution >= 4 is 11.9 Å². The molecule has 1 fully saturated rings. The van der Waals surface area contributed by atoms with Crippen LogP contribution in [0.2, 0.25) is 0 Å². The Hall–Kier alpha value is -2.69. The third-order valence-electron chi connectivity index (χ3n) is 4.27. The van der Waals surface area contributed by atoms with Gasteiger partial charge in [0.1, 0.15) is 0 Å². The fraction of sp³-hybridized carbons (Fsp3) is 0.316. The van der Waals surface area contributed by atoms with E-state index in [1.54, 1.807) is 11.1 Å². The Labute approximate surface area is 140 Å². The summed E-state index contributed by atoms with van der Waals surface area (Å²) in [7, 11) is 0. The summed E-state index contributed by atoms with van der Waals surface area (Å²) in [5.41, 5.74) is 2.96. The quantitative estimate of drug-likeness (QED) is 0.887. The third kappa shape index (κ3) is 3.79. The molecular formula is C19H20N2O3. The SMILES string of the molecule is Cc1cccc(CN(Cc2ccccn2)C(=O)[C@@H]2C[C@H]2C(=O)O)c1. The maximum atomic E-state index is 12.7. The van der Waals surface area contributed by atoms with E-state index in [0.717, 1.165) is 16.8 Å². The molecule has 1 aromatic heterocycles. The number of carboxylic acid groups (broad SMARTS) is 1. The summed E-state index contributed by atoms with van der Waals surface area (Å²) in [4.78, 5) is 29.8. The topological polar surface area (TPSA) is 70.5 Å². The normalized spacial score (nSPS) is 18.9. The lowest BCUT2D eigenvalue weighted by Crippen LogP contribution is -2.32. The molecule has 1 N–H and O–H groups in total. The van der Waals surface area contributed by atoms with Gasteiger partial charge in [0.25, 0.3) is 0 Å². The monoisotopic (exact) mass is 324 g/mol. The number of carbonyl (C=O) groups excluding carboxylic acids is 1. The zero-order valence-electron chi connectivity index (χ0n) is 13.6. The molecule has 3 rings (SSSR count). The van der Waals surface area contributed by atoms with Crippen molar-refractivity contribution in [3.05, 3.63) is 65.5 Å². The van der Waals surface area contributed by atoms with Crippen molar-refractivity contribution in [3.63, 3.8) is 0 Å². The minimum atomic E-state index is -0.887. The number of hydrogen-bond acceptors (Lipinski definition) is 3. The largest absolute Gasteiger partial charge is 0.481 e. The Bertz CT molecular complexity index is 745. The summed E-state index contributed by atoms with van der Waals surface area (Å²) in [5.74, 6) is -1.94. The van der Waals surface area contributed by atoms with E-state index in [2.05, 4.69) is 4.98 Å². The minimum Gasteiger partial charge on any atom is -0.481 e. The number of pyridine rings is 1. The number of aryl methyl sites for hydroxylation is 1. The first-order valence-electron chi connectivity index (χ1n) is 8.01. The van der Waals surface area contributed by atoms with Crippen LogP contribution in [0.25, 0.3) is 0 Å². The minimum absolute atomic E-state index is 0.102. The number of aromatic nitrogens is 1. The number of aliphatic carboxylic acids is 1. The van der Waals surface area contributed by atoms with Gasteiger partial charge in [-0.25, -0.2) is 0 Å². The first kappa shape index (κ1) is 16.2. The van der Waals surface area contributed by atoms with Gasteiger partial charge in [-0.05, 0) is 31.0 Å². The molecule has 24 heavy (non-hydrogen) atoms.